The van der Waals surface area contributed by atoms with Crippen molar-refractivity contribution in [3.05, 3.63) is 71.0 Å². The standard InChI is InChI=1S/C22H23NO3/c1-14(2)13-25-19-11-10-18-21(24)20(26-22(18)15(19)3)12-16-6-8-17(9-7-16)23(4)5/h6-12H,1,13H2,2-5H3/b20-12-. The average Bonchev–Trinajstić information content (AvgIpc) is 2.92. The van der Waals surface area contributed by atoms with E-state index < -0.39 is 0 Å². The van der Waals surface area contributed by atoms with E-state index in [-0.39, 0.29) is 5.78 Å². The lowest BCUT2D eigenvalue weighted by molar-refractivity contribution is 0.101. The first-order chi connectivity index (χ1) is 12.4. The van der Waals surface area contributed by atoms with Gasteiger partial charge < -0.3 is 14.4 Å². The minimum atomic E-state index is -0.105. The lowest BCUT2D eigenvalue weighted by Crippen LogP contribution is -2.08. The maximum atomic E-state index is 12.6. The Morgan fingerprint density at radius 2 is 1.88 bits per heavy atom. The van der Waals surface area contributed by atoms with Gasteiger partial charge in [0.05, 0.1) is 5.56 Å². The highest BCUT2D eigenvalue weighted by atomic mass is 16.5. The molecule has 26 heavy (non-hydrogen) atoms. The maximum absolute atomic E-state index is 12.6. The van der Waals surface area contributed by atoms with Crippen LogP contribution in [-0.2, 0) is 0 Å². The molecule has 0 N–H and O–H groups in total. The van der Waals surface area contributed by atoms with Gasteiger partial charge in [-0.1, -0.05) is 18.7 Å². The summed E-state index contributed by atoms with van der Waals surface area (Å²) in [7, 11) is 3.98. The van der Waals surface area contributed by atoms with Gasteiger partial charge in [0.1, 0.15) is 18.1 Å². The molecular formula is C22H23NO3. The molecule has 3 rings (SSSR count). The SMILES string of the molecule is C=C(C)COc1ccc2c(c1C)O/C(=C\c1ccc(N(C)C)cc1)C2=O. The number of fused-ring (bicyclic) bond motifs is 1. The molecule has 0 atom stereocenters. The van der Waals surface area contributed by atoms with Crippen LogP contribution in [0.25, 0.3) is 6.08 Å². The highest BCUT2D eigenvalue weighted by molar-refractivity contribution is 6.15. The van der Waals surface area contributed by atoms with Gasteiger partial charge in [-0.3, -0.25) is 4.79 Å². The number of carbonyl (C=O) groups is 1. The van der Waals surface area contributed by atoms with Crippen LogP contribution in [0, 0.1) is 6.92 Å². The van der Waals surface area contributed by atoms with E-state index in [1.165, 1.54) is 0 Å². The second-order valence-electron chi connectivity index (χ2n) is 6.74. The van der Waals surface area contributed by atoms with E-state index in [2.05, 4.69) is 6.58 Å². The molecule has 2 aromatic rings. The van der Waals surface area contributed by atoms with Gasteiger partial charge in [-0.05, 0) is 55.3 Å². The number of allylic oxidation sites excluding steroid dienone is 1. The Bertz CT molecular complexity index is 892. The van der Waals surface area contributed by atoms with E-state index in [9.17, 15) is 4.79 Å². The van der Waals surface area contributed by atoms with Crippen molar-refractivity contribution in [2.45, 2.75) is 13.8 Å². The Labute approximate surface area is 154 Å². The van der Waals surface area contributed by atoms with E-state index in [0.717, 1.165) is 22.4 Å². The summed E-state index contributed by atoms with van der Waals surface area (Å²) in [5, 5.41) is 0. The van der Waals surface area contributed by atoms with E-state index in [4.69, 9.17) is 9.47 Å². The molecule has 1 aliphatic rings. The second-order valence-corrected chi connectivity index (χ2v) is 6.74. The monoisotopic (exact) mass is 349 g/mol. The summed E-state index contributed by atoms with van der Waals surface area (Å²) in [5.41, 5.74) is 4.35. The third-order valence-electron chi connectivity index (χ3n) is 4.22. The summed E-state index contributed by atoms with van der Waals surface area (Å²) in [5.74, 6) is 1.51. The smallest absolute Gasteiger partial charge is 0.231 e. The minimum Gasteiger partial charge on any atom is -0.489 e. The summed E-state index contributed by atoms with van der Waals surface area (Å²) in [6.45, 7) is 8.08. The van der Waals surface area contributed by atoms with Crippen molar-refractivity contribution in [3.63, 3.8) is 0 Å². The van der Waals surface area contributed by atoms with Gasteiger partial charge in [-0.2, -0.15) is 0 Å². The highest BCUT2D eigenvalue weighted by Gasteiger charge is 2.30. The zero-order valence-corrected chi connectivity index (χ0v) is 15.6. The molecule has 2 aromatic carbocycles. The number of ketones is 1. The molecule has 0 unspecified atom stereocenters. The van der Waals surface area contributed by atoms with Gasteiger partial charge in [-0.25, -0.2) is 0 Å². The van der Waals surface area contributed by atoms with Crippen LogP contribution in [0.3, 0.4) is 0 Å². The first-order valence-corrected chi connectivity index (χ1v) is 8.49. The summed E-state index contributed by atoms with van der Waals surface area (Å²) >= 11 is 0. The Hall–Kier alpha value is -3.01. The predicted molar refractivity (Wildman–Crippen MR) is 105 cm³/mol. The second kappa shape index (κ2) is 7.08. The Balaban J connectivity index is 1.87. The van der Waals surface area contributed by atoms with E-state index in [1.54, 1.807) is 12.1 Å². The zero-order valence-electron chi connectivity index (χ0n) is 15.6. The number of ether oxygens (including phenoxy) is 2. The van der Waals surface area contributed by atoms with Gasteiger partial charge in [-0.15, -0.1) is 0 Å². The minimum absolute atomic E-state index is 0.105. The summed E-state index contributed by atoms with van der Waals surface area (Å²) < 4.78 is 11.6. The third kappa shape index (κ3) is 3.49. The molecule has 1 heterocycles. The fourth-order valence-corrected chi connectivity index (χ4v) is 2.75. The number of carbonyl (C=O) groups excluding carboxylic acids is 1. The van der Waals surface area contributed by atoms with Crippen LogP contribution in [0.2, 0.25) is 0 Å². The predicted octanol–water partition coefficient (Wildman–Crippen LogP) is 4.63. The number of Topliss-reactive ketones (excluding diaryl/α,β-unsaturated/α-hetero) is 1. The fraction of sp³-hybridized carbons (Fsp3) is 0.227. The van der Waals surface area contributed by atoms with E-state index >= 15 is 0 Å². The number of rotatable bonds is 5. The van der Waals surface area contributed by atoms with Crippen molar-refractivity contribution in [3.8, 4) is 11.5 Å². The molecule has 0 bridgehead atoms. The quantitative estimate of drug-likeness (QED) is 0.583. The molecule has 4 nitrogen and oxygen atoms in total. The van der Waals surface area contributed by atoms with Crippen LogP contribution >= 0.6 is 0 Å². The van der Waals surface area contributed by atoms with Crippen molar-refractivity contribution in [1.82, 2.24) is 0 Å². The lowest BCUT2D eigenvalue weighted by Gasteiger charge is -2.12. The van der Waals surface area contributed by atoms with Crippen molar-refractivity contribution >= 4 is 17.5 Å². The molecule has 0 spiro atoms. The van der Waals surface area contributed by atoms with Crippen molar-refractivity contribution in [2.24, 2.45) is 0 Å². The molecular weight excluding hydrogens is 326 g/mol. The normalized spacial score (nSPS) is 14.2. The Morgan fingerprint density at radius 3 is 2.50 bits per heavy atom. The Morgan fingerprint density at radius 1 is 1.19 bits per heavy atom. The number of hydrogen-bond acceptors (Lipinski definition) is 4. The van der Waals surface area contributed by atoms with Crippen molar-refractivity contribution < 1.29 is 14.3 Å². The number of nitrogens with zero attached hydrogens (tertiary/aromatic N) is 1. The molecule has 0 amide bonds. The molecule has 0 saturated heterocycles. The summed E-state index contributed by atoms with van der Waals surface area (Å²) in [4.78, 5) is 14.7. The summed E-state index contributed by atoms with van der Waals surface area (Å²) in [6, 6.07) is 11.5. The average molecular weight is 349 g/mol. The van der Waals surface area contributed by atoms with Crippen LogP contribution < -0.4 is 14.4 Å². The number of hydrogen-bond donors (Lipinski definition) is 0. The van der Waals surface area contributed by atoms with Crippen molar-refractivity contribution in [2.75, 3.05) is 25.6 Å². The van der Waals surface area contributed by atoms with E-state index in [0.29, 0.717) is 29.4 Å². The van der Waals surface area contributed by atoms with Crippen LogP contribution in [0.5, 0.6) is 11.5 Å². The first kappa shape index (κ1) is 17.8. The van der Waals surface area contributed by atoms with Crippen LogP contribution in [0.15, 0.2) is 54.3 Å². The summed E-state index contributed by atoms with van der Waals surface area (Å²) in [6.07, 6.45) is 1.77. The molecule has 0 fully saturated rings. The molecule has 0 aromatic heterocycles. The van der Waals surface area contributed by atoms with Gasteiger partial charge in [0.25, 0.3) is 0 Å². The van der Waals surface area contributed by atoms with E-state index in [1.807, 2.05) is 63.2 Å². The molecule has 1 aliphatic heterocycles. The fourth-order valence-electron chi connectivity index (χ4n) is 2.75. The van der Waals surface area contributed by atoms with Gasteiger partial charge in [0.2, 0.25) is 5.78 Å². The van der Waals surface area contributed by atoms with Gasteiger partial charge >= 0.3 is 0 Å². The third-order valence-corrected chi connectivity index (χ3v) is 4.22. The molecule has 0 aliphatic carbocycles. The molecule has 4 heteroatoms. The topological polar surface area (TPSA) is 38.8 Å². The van der Waals surface area contributed by atoms with Crippen LogP contribution in [-0.4, -0.2) is 26.5 Å². The van der Waals surface area contributed by atoms with Crippen molar-refractivity contribution in [1.29, 1.82) is 0 Å². The Kier molecular flexibility index (Phi) is 4.85. The van der Waals surface area contributed by atoms with Gasteiger partial charge in [0.15, 0.2) is 5.76 Å². The maximum Gasteiger partial charge on any atom is 0.231 e. The van der Waals surface area contributed by atoms with Crippen LogP contribution in [0.4, 0.5) is 5.69 Å². The number of anilines is 1. The molecule has 134 valence electrons. The molecule has 0 saturated carbocycles. The lowest BCUT2D eigenvalue weighted by atomic mass is 10.1. The first-order valence-electron chi connectivity index (χ1n) is 8.49. The van der Waals surface area contributed by atoms with Gasteiger partial charge in [0, 0.05) is 25.3 Å². The zero-order chi connectivity index (χ0) is 18.8. The highest BCUT2D eigenvalue weighted by Crippen LogP contribution is 2.39. The number of benzene rings is 2. The van der Waals surface area contributed by atoms with Crippen LogP contribution in [0.1, 0.15) is 28.4 Å². The molecule has 0 radical (unpaired) electrons. The largest absolute Gasteiger partial charge is 0.489 e.